The van der Waals surface area contributed by atoms with E-state index in [9.17, 15) is 18.3 Å². The molecule has 8 heteroatoms. The summed E-state index contributed by atoms with van der Waals surface area (Å²) in [7, 11) is -2.37. The van der Waals surface area contributed by atoms with Gasteiger partial charge in [-0.2, -0.15) is 4.31 Å². The van der Waals surface area contributed by atoms with Crippen molar-refractivity contribution in [2.75, 3.05) is 20.1 Å². The highest BCUT2D eigenvalue weighted by Crippen LogP contribution is 2.25. The summed E-state index contributed by atoms with van der Waals surface area (Å²) in [5.41, 5.74) is 4.38. The second-order valence-corrected chi connectivity index (χ2v) is 12.4. The van der Waals surface area contributed by atoms with Crippen LogP contribution in [-0.2, 0) is 34.1 Å². The van der Waals surface area contributed by atoms with E-state index in [1.165, 1.54) is 28.5 Å². The van der Waals surface area contributed by atoms with Gasteiger partial charge in [-0.25, -0.2) is 8.42 Å². The molecule has 0 saturated heterocycles. The van der Waals surface area contributed by atoms with Gasteiger partial charge in [-0.3, -0.25) is 4.79 Å². The van der Waals surface area contributed by atoms with Gasteiger partial charge in [0.1, 0.15) is 0 Å². The summed E-state index contributed by atoms with van der Waals surface area (Å²) in [5.74, 6) is -0.906. The second-order valence-electron chi connectivity index (χ2n) is 10.3. The van der Waals surface area contributed by atoms with Crippen LogP contribution in [0, 0.1) is 0 Å². The lowest BCUT2D eigenvalue weighted by Crippen LogP contribution is -2.47. The van der Waals surface area contributed by atoms with E-state index in [-0.39, 0.29) is 29.9 Å². The third-order valence-corrected chi connectivity index (χ3v) is 8.37. The zero-order chi connectivity index (χ0) is 27.9. The first-order valence-electron chi connectivity index (χ1n) is 12.8. The Morgan fingerprint density at radius 2 is 1.55 bits per heavy atom. The highest BCUT2D eigenvalue weighted by molar-refractivity contribution is 7.89. The van der Waals surface area contributed by atoms with Gasteiger partial charge in [-0.15, -0.1) is 0 Å². The molecule has 0 spiro atoms. The molecule has 0 amide bonds. The van der Waals surface area contributed by atoms with Crippen molar-refractivity contribution in [2.24, 2.45) is 0 Å². The molecule has 1 atom stereocenters. The molecule has 0 fully saturated rings. The molecule has 3 aromatic rings. The van der Waals surface area contributed by atoms with Gasteiger partial charge in [-0.05, 0) is 66.6 Å². The normalized spacial score (nSPS) is 13.0. The predicted molar refractivity (Wildman–Crippen MR) is 151 cm³/mol. The van der Waals surface area contributed by atoms with Gasteiger partial charge in [-0.1, -0.05) is 67.6 Å². The van der Waals surface area contributed by atoms with E-state index in [4.69, 9.17) is 5.11 Å². The van der Waals surface area contributed by atoms with E-state index >= 15 is 0 Å². The molecule has 7 nitrogen and oxygen atoms in total. The average Bonchev–Trinajstić information content (AvgIpc) is 2.88. The number of benzene rings is 3. The maximum absolute atomic E-state index is 13.3. The molecule has 38 heavy (non-hydrogen) atoms. The van der Waals surface area contributed by atoms with Gasteiger partial charge < -0.3 is 15.5 Å². The second kappa shape index (κ2) is 12.7. The summed E-state index contributed by atoms with van der Waals surface area (Å²) in [4.78, 5) is 11.0. The first-order valence-corrected chi connectivity index (χ1v) is 14.2. The molecular weight excluding hydrogens is 500 g/mol. The van der Waals surface area contributed by atoms with Crippen LogP contribution in [0.3, 0.4) is 0 Å². The standard InChI is InChI=1S/C30H38N2O5S/c1-5-22-9-11-24(12-10-22)19-30(2,3)31-20-27(33)21-32(4)38(36,37)28-8-6-7-26(18-28)25-15-13-23(14-16-25)17-29(34)35/h6-16,18,27,31,33H,5,17,19-21H2,1-4H3,(H,34,35). The minimum Gasteiger partial charge on any atom is -0.481 e. The van der Waals surface area contributed by atoms with Crippen LogP contribution >= 0.6 is 0 Å². The van der Waals surface area contributed by atoms with E-state index < -0.39 is 22.1 Å². The number of sulfonamides is 1. The van der Waals surface area contributed by atoms with Gasteiger partial charge in [0.05, 0.1) is 17.4 Å². The van der Waals surface area contributed by atoms with Gasteiger partial charge in [0.25, 0.3) is 0 Å². The van der Waals surface area contributed by atoms with Crippen LogP contribution in [0.4, 0.5) is 0 Å². The maximum Gasteiger partial charge on any atom is 0.307 e. The lowest BCUT2D eigenvalue weighted by Gasteiger charge is -2.29. The van der Waals surface area contributed by atoms with Crippen LogP contribution in [0.5, 0.6) is 0 Å². The molecular formula is C30H38N2O5S. The molecule has 0 aliphatic heterocycles. The van der Waals surface area contributed by atoms with E-state index in [0.717, 1.165) is 18.4 Å². The SMILES string of the molecule is CCc1ccc(CC(C)(C)NCC(O)CN(C)S(=O)(=O)c2cccc(-c3ccc(CC(=O)O)cc3)c2)cc1. The number of nitrogens with one attached hydrogen (secondary N) is 1. The maximum atomic E-state index is 13.3. The Morgan fingerprint density at radius 3 is 2.16 bits per heavy atom. The van der Waals surface area contributed by atoms with E-state index in [1.807, 2.05) is 6.07 Å². The number of carboxylic acid groups (broad SMARTS) is 1. The quantitative estimate of drug-likeness (QED) is 0.302. The van der Waals surface area contributed by atoms with Gasteiger partial charge >= 0.3 is 5.97 Å². The largest absolute Gasteiger partial charge is 0.481 e. The molecule has 0 aliphatic rings. The fraction of sp³-hybridized carbons (Fsp3) is 0.367. The smallest absolute Gasteiger partial charge is 0.307 e. The Morgan fingerprint density at radius 1 is 0.947 bits per heavy atom. The van der Waals surface area contributed by atoms with Crippen LogP contribution in [0.25, 0.3) is 11.1 Å². The summed E-state index contributed by atoms with van der Waals surface area (Å²) >= 11 is 0. The van der Waals surface area contributed by atoms with Crippen LogP contribution < -0.4 is 5.32 Å². The van der Waals surface area contributed by atoms with Crippen molar-refractivity contribution >= 4 is 16.0 Å². The molecule has 1 unspecified atom stereocenters. The van der Waals surface area contributed by atoms with Gasteiger partial charge in [0.2, 0.25) is 10.0 Å². The molecule has 0 radical (unpaired) electrons. The number of carboxylic acids is 1. The number of aryl methyl sites for hydroxylation is 1. The Labute approximate surface area is 226 Å². The average molecular weight is 539 g/mol. The number of aliphatic hydroxyl groups is 1. The lowest BCUT2D eigenvalue weighted by atomic mass is 9.94. The molecule has 0 aliphatic carbocycles. The van der Waals surface area contributed by atoms with Gasteiger partial charge in [0, 0.05) is 25.7 Å². The molecule has 0 heterocycles. The Hall–Kier alpha value is -3.04. The third-order valence-electron chi connectivity index (χ3n) is 6.55. The van der Waals surface area contributed by atoms with Crippen molar-refractivity contribution in [3.8, 4) is 11.1 Å². The number of hydrogen-bond donors (Lipinski definition) is 3. The Balaban J connectivity index is 1.61. The number of likely N-dealkylation sites (N-methyl/N-ethyl adjacent to an activating group) is 1. The van der Waals surface area contributed by atoms with Crippen LogP contribution in [0.2, 0.25) is 0 Å². The van der Waals surface area contributed by atoms with Crippen molar-refractivity contribution in [3.05, 3.63) is 89.5 Å². The molecule has 3 N–H and O–H groups in total. The van der Waals surface area contributed by atoms with Crippen molar-refractivity contribution in [2.45, 2.75) is 56.6 Å². The topological polar surface area (TPSA) is 107 Å². The van der Waals surface area contributed by atoms with Crippen LogP contribution in [0.1, 0.15) is 37.5 Å². The Kier molecular flexibility index (Phi) is 9.84. The number of aliphatic carboxylic acids is 1. The highest BCUT2D eigenvalue weighted by Gasteiger charge is 2.25. The molecule has 0 saturated carbocycles. The van der Waals surface area contributed by atoms with E-state index in [2.05, 4.69) is 50.4 Å². The predicted octanol–water partition coefficient (Wildman–Crippen LogP) is 4.14. The fourth-order valence-corrected chi connectivity index (χ4v) is 5.58. The highest BCUT2D eigenvalue weighted by atomic mass is 32.2. The summed E-state index contributed by atoms with van der Waals surface area (Å²) in [6, 6.07) is 22.1. The van der Waals surface area contributed by atoms with Crippen molar-refractivity contribution in [3.63, 3.8) is 0 Å². The van der Waals surface area contributed by atoms with E-state index in [0.29, 0.717) is 11.1 Å². The molecule has 204 valence electrons. The molecule has 0 aromatic heterocycles. The summed E-state index contributed by atoms with van der Waals surface area (Å²) in [6.45, 7) is 6.45. The molecule has 0 bridgehead atoms. The van der Waals surface area contributed by atoms with Crippen molar-refractivity contribution in [1.29, 1.82) is 0 Å². The number of hydrogen-bond acceptors (Lipinski definition) is 5. The number of aliphatic hydroxyl groups excluding tert-OH is 1. The Bertz CT molecular complexity index is 1320. The summed E-state index contributed by atoms with van der Waals surface area (Å²) < 4.78 is 27.7. The minimum absolute atomic E-state index is 0.0509. The lowest BCUT2D eigenvalue weighted by molar-refractivity contribution is -0.136. The molecule has 3 aromatic carbocycles. The number of β-amino-alcohol motifs (C(OH)–C–C–N with tert-alkyl or cyclic N) is 1. The van der Waals surface area contributed by atoms with Crippen LogP contribution in [-0.4, -0.2) is 60.7 Å². The van der Waals surface area contributed by atoms with Gasteiger partial charge in [0.15, 0.2) is 0 Å². The number of nitrogens with zero attached hydrogens (tertiary/aromatic N) is 1. The van der Waals surface area contributed by atoms with Crippen LogP contribution in [0.15, 0.2) is 77.7 Å². The minimum atomic E-state index is -3.83. The fourth-order valence-electron chi connectivity index (χ4n) is 4.32. The van der Waals surface area contributed by atoms with Crippen molar-refractivity contribution in [1.82, 2.24) is 9.62 Å². The zero-order valence-electron chi connectivity index (χ0n) is 22.5. The first-order chi connectivity index (χ1) is 17.9. The third kappa shape index (κ3) is 8.23. The molecule has 3 rings (SSSR count). The van der Waals surface area contributed by atoms with Crippen molar-refractivity contribution < 1.29 is 23.4 Å². The number of carbonyl (C=O) groups is 1. The van der Waals surface area contributed by atoms with E-state index in [1.54, 1.807) is 36.4 Å². The first kappa shape index (κ1) is 29.5. The zero-order valence-corrected chi connectivity index (χ0v) is 23.3. The summed E-state index contributed by atoms with van der Waals surface area (Å²) in [6.07, 6.45) is 0.819. The summed E-state index contributed by atoms with van der Waals surface area (Å²) in [5, 5.41) is 23.0. The number of rotatable bonds is 13. The monoisotopic (exact) mass is 538 g/mol.